The van der Waals surface area contributed by atoms with Gasteiger partial charge in [0.25, 0.3) is 0 Å². The first-order valence-electron chi connectivity index (χ1n) is 7.13. The number of nitrogens with two attached hydrogens (primary N) is 1. The van der Waals surface area contributed by atoms with Crippen LogP contribution in [-0.4, -0.2) is 28.8 Å². The average molecular weight is 301 g/mol. The first kappa shape index (κ1) is 14.0. The van der Waals surface area contributed by atoms with E-state index in [1.807, 2.05) is 25.2 Å². The van der Waals surface area contributed by atoms with Gasteiger partial charge >= 0.3 is 0 Å². The molecule has 4 N–H and O–H groups in total. The number of nitrogens with zero attached hydrogens (tertiary/aromatic N) is 2. The van der Waals surface area contributed by atoms with Crippen molar-refractivity contribution in [2.75, 3.05) is 19.3 Å². The van der Waals surface area contributed by atoms with Crippen molar-refractivity contribution in [3.8, 4) is 10.6 Å². The van der Waals surface area contributed by atoms with Gasteiger partial charge in [-0.25, -0.2) is 4.98 Å². The second kappa shape index (κ2) is 6.24. The highest BCUT2D eigenvalue weighted by molar-refractivity contribution is 7.21. The van der Waals surface area contributed by atoms with E-state index in [-0.39, 0.29) is 0 Å². The van der Waals surface area contributed by atoms with E-state index in [9.17, 15) is 0 Å². The van der Waals surface area contributed by atoms with Gasteiger partial charge in [-0.3, -0.25) is 5.10 Å². The summed E-state index contributed by atoms with van der Waals surface area (Å²) in [5, 5.41) is 11.3. The maximum atomic E-state index is 6.04. The van der Waals surface area contributed by atoms with E-state index in [2.05, 4.69) is 26.6 Å². The van der Waals surface area contributed by atoms with Crippen LogP contribution in [0.25, 0.3) is 20.8 Å². The molecule has 0 unspecified atom stereocenters. The molecule has 3 rings (SSSR count). The lowest BCUT2D eigenvalue weighted by atomic mass is 10.1. The largest absolute Gasteiger partial charge is 0.382 e. The Morgan fingerprint density at radius 1 is 1.29 bits per heavy atom. The Kier molecular flexibility index (Phi) is 4.17. The molecule has 0 aliphatic carbocycles. The molecule has 3 aromatic rings. The highest BCUT2D eigenvalue weighted by Gasteiger charge is 2.16. The molecule has 21 heavy (non-hydrogen) atoms. The minimum Gasteiger partial charge on any atom is -0.382 e. The number of hydrogen-bond acceptors (Lipinski definition) is 5. The number of unbranched alkanes of at least 4 members (excludes halogenated alkanes) is 1. The Morgan fingerprint density at radius 3 is 2.95 bits per heavy atom. The number of aromatic nitrogens is 3. The van der Waals surface area contributed by atoms with Crippen LogP contribution in [0.4, 0.5) is 5.82 Å². The van der Waals surface area contributed by atoms with Gasteiger partial charge in [-0.05, 0) is 45.0 Å². The molecule has 2 heterocycles. The number of para-hydroxylation sites is 1. The van der Waals surface area contributed by atoms with Crippen LogP contribution in [0.3, 0.4) is 0 Å². The lowest BCUT2D eigenvalue weighted by Gasteiger charge is -2.01. The number of nitrogens with one attached hydrogen (secondary N) is 2. The van der Waals surface area contributed by atoms with Crippen LogP contribution < -0.4 is 11.1 Å². The second-order valence-electron chi connectivity index (χ2n) is 5.01. The lowest BCUT2D eigenvalue weighted by Crippen LogP contribution is -2.07. The van der Waals surface area contributed by atoms with E-state index >= 15 is 0 Å². The number of aryl methyl sites for hydroxylation is 1. The third-order valence-corrected chi connectivity index (χ3v) is 4.53. The van der Waals surface area contributed by atoms with Crippen molar-refractivity contribution in [2.45, 2.75) is 19.3 Å². The topological polar surface area (TPSA) is 79.6 Å². The predicted molar refractivity (Wildman–Crippen MR) is 88.5 cm³/mol. The van der Waals surface area contributed by atoms with Crippen LogP contribution in [0.1, 0.15) is 18.5 Å². The molecule has 0 atom stereocenters. The summed E-state index contributed by atoms with van der Waals surface area (Å²) in [6.07, 6.45) is 3.17. The number of hydrogen-bond donors (Lipinski definition) is 3. The average Bonchev–Trinajstić information content (AvgIpc) is 3.06. The molecule has 6 heteroatoms. The zero-order valence-corrected chi connectivity index (χ0v) is 12.8. The Labute approximate surface area is 127 Å². The third kappa shape index (κ3) is 2.91. The Bertz CT molecular complexity index is 698. The van der Waals surface area contributed by atoms with E-state index in [4.69, 9.17) is 5.73 Å². The molecule has 5 nitrogen and oxygen atoms in total. The lowest BCUT2D eigenvalue weighted by molar-refractivity contribution is 0.670. The molecule has 0 radical (unpaired) electrons. The van der Waals surface area contributed by atoms with Gasteiger partial charge in [-0.2, -0.15) is 5.10 Å². The van der Waals surface area contributed by atoms with E-state index in [0.29, 0.717) is 5.82 Å². The second-order valence-corrected chi connectivity index (χ2v) is 6.04. The molecule has 0 saturated heterocycles. The molecule has 0 amide bonds. The molecule has 0 fully saturated rings. The monoisotopic (exact) mass is 301 g/mol. The van der Waals surface area contributed by atoms with Crippen molar-refractivity contribution in [1.82, 2.24) is 20.5 Å². The van der Waals surface area contributed by atoms with Gasteiger partial charge in [0.15, 0.2) is 5.82 Å². The van der Waals surface area contributed by atoms with Crippen molar-refractivity contribution >= 4 is 27.4 Å². The maximum Gasteiger partial charge on any atom is 0.155 e. The number of aromatic amines is 1. The predicted octanol–water partition coefficient (Wildman–Crippen LogP) is 2.81. The van der Waals surface area contributed by atoms with Gasteiger partial charge in [-0.15, -0.1) is 11.3 Å². The quantitative estimate of drug-likeness (QED) is 0.612. The summed E-state index contributed by atoms with van der Waals surface area (Å²) in [5.74, 6) is 0.540. The van der Waals surface area contributed by atoms with Crippen molar-refractivity contribution in [3.63, 3.8) is 0 Å². The zero-order chi connectivity index (χ0) is 14.7. The molecule has 110 valence electrons. The Morgan fingerprint density at radius 2 is 2.14 bits per heavy atom. The van der Waals surface area contributed by atoms with Crippen LogP contribution in [0.2, 0.25) is 0 Å². The van der Waals surface area contributed by atoms with E-state index < -0.39 is 0 Å². The normalized spacial score (nSPS) is 11.3. The summed E-state index contributed by atoms with van der Waals surface area (Å²) in [5.41, 5.74) is 9.11. The van der Waals surface area contributed by atoms with Gasteiger partial charge < -0.3 is 11.1 Å². The molecular weight excluding hydrogens is 282 g/mol. The van der Waals surface area contributed by atoms with Gasteiger partial charge in [0.1, 0.15) is 5.01 Å². The highest BCUT2D eigenvalue weighted by atomic mass is 32.1. The summed E-state index contributed by atoms with van der Waals surface area (Å²) in [4.78, 5) is 4.69. The summed E-state index contributed by atoms with van der Waals surface area (Å²) >= 11 is 1.66. The summed E-state index contributed by atoms with van der Waals surface area (Å²) in [7, 11) is 1.97. The number of thiazole rings is 1. The molecule has 0 bridgehead atoms. The van der Waals surface area contributed by atoms with E-state index in [0.717, 1.165) is 47.6 Å². The number of anilines is 1. The SMILES string of the molecule is CNCCCCc1[nH]nc(N)c1-c1nc2ccccc2s1. The van der Waals surface area contributed by atoms with E-state index in [1.54, 1.807) is 11.3 Å². The van der Waals surface area contributed by atoms with Crippen molar-refractivity contribution in [3.05, 3.63) is 30.0 Å². The standard InChI is InChI=1S/C15H19N5S/c1-17-9-5-4-7-11-13(14(16)20-19-11)15-18-10-6-2-3-8-12(10)21-15/h2-3,6,8,17H,4-5,7,9H2,1H3,(H3,16,19,20). The first-order chi connectivity index (χ1) is 10.3. The molecule has 2 aromatic heterocycles. The fourth-order valence-corrected chi connectivity index (χ4v) is 3.44. The smallest absolute Gasteiger partial charge is 0.155 e. The maximum absolute atomic E-state index is 6.04. The Hall–Kier alpha value is -1.92. The van der Waals surface area contributed by atoms with Crippen LogP contribution in [0.5, 0.6) is 0 Å². The van der Waals surface area contributed by atoms with Crippen molar-refractivity contribution < 1.29 is 0 Å². The van der Waals surface area contributed by atoms with Crippen molar-refractivity contribution in [1.29, 1.82) is 0 Å². The minimum atomic E-state index is 0.540. The van der Waals surface area contributed by atoms with Crippen LogP contribution in [-0.2, 0) is 6.42 Å². The number of rotatable bonds is 6. The number of fused-ring (bicyclic) bond motifs is 1. The molecule has 0 spiro atoms. The number of nitrogen functional groups attached to an aromatic ring is 1. The minimum absolute atomic E-state index is 0.540. The number of H-pyrrole nitrogens is 1. The summed E-state index contributed by atoms with van der Waals surface area (Å²) in [6.45, 7) is 1.03. The molecule has 1 aromatic carbocycles. The van der Waals surface area contributed by atoms with Gasteiger partial charge in [0, 0.05) is 5.69 Å². The molecular formula is C15H19N5S. The Balaban J connectivity index is 1.88. The fraction of sp³-hybridized carbons (Fsp3) is 0.333. The van der Waals surface area contributed by atoms with Gasteiger partial charge in [-0.1, -0.05) is 12.1 Å². The highest BCUT2D eigenvalue weighted by Crippen LogP contribution is 2.35. The summed E-state index contributed by atoms with van der Waals surface area (Å²) < 4.78 is 1.18. The van der Waals surface area contributed by atoms with Crippen LogP contribution in [0, 0.1) is 0 Å². The zero-order valence-electron chi connectivity index (χ0n) is 12.0. The van der Waals surface area contributed by atoms with Gasteiger partial charge in [0.05, 0.1) is 15.8 Å². The first-order valence-corrected chi connectivity index (χ1v) is 7.94. The third-order valence-electron chi connectivity index (χ3n) is 3.48. The fourth-order valence-electron chi connectivity index (χ4n) is 2.40. The van der Waals surface area contributed by atoms with E-state index in [1.165, 1.54) is 4.70 Å². The van der Waals surface area contributed by atoms with Crippen LogP contribution in [0.15, 0.2) is 24.3 Å². The van der Waals surface area contributed by atoms with Crippen molar-refractivity contribution in [2.24, 2.45) is 0 Å². The van der Waals surface area contributed by atoms with Gasteiger partial charge in [0.2, 0.25) is 0 Å². The molecule has 0 aliphatic heterocycles. The molecule has 0 aliphatic rings. The number of benzene rings is 1. The summed E-state index contributed by atoms with van der Waals surface area (Å²) in [6, 6.07) is 8.14. The van der Waals surface area contributed by atoms with Crippen LogP contribution >= 0.6 is 11.3 Å². The molecule has 0 saturated carbocycles.